The number of hydrogen-bond donors (Lipinski definition) is 7. The molecule has 0 spiro atoms. The molecule has 2 rings (SSSR count). The third kappa shape index (κ3) is 20.5. The molecule has 0 saturated carbocycles. The Balaban J connectivity index is 1.82. The average molecular weight is 795 g/mol. The molecule has 14 nitrogen and oxygen atoms in total. The lowest BCUT2D eigenvalue weighted by atomic mass is 9.98. The van der Waals surface area contributed by atoms with E-state index in [0.29, 0.717) is 13.0 Å². The molecule has 326 valence electrons. The first kappa shape index (κ1) is 50.1. The van der Waals surface area contributed by atoms with Crippen molar-refractivity contribution in [1.82, 2.24) is 0 Å². The zero-order chi connectivity index (χ0) is 40.3. The first-order valence-corrected chi connectivity index (χ1v) is 21.6. The molecule has 7 N–H and O–H groups in total. The van der Waals surface area contributed by atoms with E-state index in [1.165, 1.54) is 89.9 Å². The minimum absolute atomic E-state index is 0.0679. The average Bonchev–Trinajstić information content (AvgIpc) is 3.18. The molecule has 0 aromatic rings. The van der Waals surface area contributed by atoms with Gasteiger partial charge in [0.25, 0.3) is 0 Å². The van der Waals surface area contributed by atoms with Gasteiger partial charge in [-0.1, -0.05) is 136 Å². The van der Waals surface area contributed by atoms with Crippen molar-refractivity contribution in [3.8, 4) is 0 Å². The second kappa shape index (κ2) is 31.0. The number of carbonyl (C=O) groups excluding carboxylic acids is 1. The standard InChI is InChI=1S/C41H78O14/c1-3-5-7-9-11-13-14-15-16-17-18-20-22-24-33(43)53-30(27-50-25-23-21-19-12-10-8-6-4-2)28-51-40-39(49)37(47)35(45)32(55-40)29-52-41-38(48)36(46)34(44)31(26-42)54-41/h30-32,34-42,44-49H,3-29H2,1-2H3. The van der Waals surface area contributed by atoms with E-state index in [-0.39, 0.29) is 25.6 Å². The Morgan fingerprint density at radius 1 is 0.527 bits per heavy atom. The number of hydrogen-bond acceptors (Lipinski definition) is 14. The van der Waals surface area contributed by atoms with Crippen molar-refractivity contribution < 1.29 is 69.0 Å². The molecule has 0 aromatic heterocycles. The molecule has 11 atom stereocenters. The number of aliphatic hydroxyl groups excluding tert-OH is 7. The molecular formula is C41H78O14. The molecule has 0 aliphatic carbocycles. The Morgan fingerprint density at radius 3 is 1.47 bits per heavy atom. The summed E-state index contributed by atoms with van der Waals surface area (Å²) >= 11 is 0. The molecule has 2 heterocycles. The highest BCUT2D eigenvalue weighted by molar-refractivity contribution is 5.69. The minimum atomic E-state index is -1.70. The van der Waals surface area contributed by atoms with Gasteiger partial charge in [-0.15, -0.1) is 0 Å². The van der Waals surface area contributed by atoms with Crippen LogP contribution in [0.4, 0.5) is 0 Å². The monoisotopic (exact) mass is 795 g/mol. The van der Waals surface area contributed by atoms with E-state index >= 15 is 0 Å². The number of ether oxygens (including phenoxy) is 6. The molecule has 11 unspecified atom stereocenters. The zero-order valence-corrected chi connectivity index (χ0v) is 33.9. The van der Waals surface area contributed by atoms with E-state index in [4.69, 9.17) is 28.4 Å². The normalized spacial score (nSPS) is 29.0. The summed E-state index contributed by atoms with van der Waals surface area (Å²) < 4.78 is 34.0. The van der Waals surface area contributed by atoms with Gasteiger partial charge in [0, 0.05) is 13.0 Å². The smallest absolute Gasteiger partial charge is 0.306 e. The van der Waals surface area contributed by atoms with Gasteiger partial charge in [-0.25, -0.2) is 0 Å². The summed E-state index contributed by atoms with van der Waals surface area (Å²) in [5.41, 5.74) is 0. The van der Waals surface area contributed by atoms with Crippen LogP contribution in [-0.2, 0) is 33.2 Å². The van der Waals surface area contributed by atoms with Crippen molar-refractivity contribution >= 4 is 5.97 Å². The quantitative estimate of drug-likeness (QED) is 0.0367. The largest absolute Gasteiger partial charge is 0.457 e. The summed E-state index contributed by atoms with van der Waals surface area (Å²) in [7, 11) is 0. The first-order chi connectivity index (χ1) is 26.6. The van der Waals surface area contributed by atoms with Crippen LogP contribution in [0.15, 0.2) is 0 Å². The topological polar surface area (TPSA) is 214 Å². The fourth-order valence-corrected chi connectivity index (χ4v) is 6.99. The van der Waals surface area contributed by atoms with Gasteiger partial charge in [0.1, 0.15) is 54.9 Å². The van der Waals surface area contributed by atoms with Gasteiger partial charge in [-0.3, -0.25) is 4.79 Å². The number of rotatable bonds is 33. The van der Waals surface area contributed by atoms with E-state index in [2.05, 4.69) is 13.8 Å². The van der Waals surface area contributed by atoms with Crippen molar-refractivity contribution in [2.24, 2.45) is 0 Å². The summed E-state index contributed by atoms with van der Waals surface area (Å²) in [6.07, 6.45) is 9.01. The SMILES string of the molecule is CCCCCCCCCCCCCCCC(=O)OC(COCCCCCCCCCC)COC1OC(COC2OC(CO)C(O)C(O)C2O)C(O)C(O)C1O. The molecule has 2 aliphatic heterocycles. The molecule has 2 fully saturated rings. The molecule has 2 aliphatic rings. The Morgan fingerprint density at radius 2 is 0.964 bits per heavy atom. The molecular weight excluding hydrogens is 716 g/mol. The summed E-state index contributed by atoms with van der Waals surface area (Å²) in [5.74, 6) is -0.376. The van der Waals surface area contributed by atoms with E-state index < -0.39 is 80.7 Å². The number of unbranched alkanes of at least 4 members (excludes halogenated alkanes) is 19. The second-order valence-corrected chi connectivity index (χ2v) is 15.5. The maximum atomic E-state index is 12.9. The molecule has 14 heteroatoms. The van der Waals surface area contributed by atoms with Crippen molar-refractivity contribution in [3.05, 3.63) is 0 Å². The van der Waals surface area contributed by atoms with Gasteiger partial charge in [-0.05, 0) is 12.8 Å². The van der Waals surface area contributed by atoms with Gasteiger partial charge in [0.05, 0.1) is 26.4 Å². The first-order valence-electron chi connectivity index (χ1n) is 21.6. The highest BCUT2D eigenvalue weighted by Gasteiger charge is 2.47. The van der Waals surface area contributed by atoms with E-state index in [1.807, 2.05) is 0 Å². The third-order valence-corrected chi connectivity index (χ3v) is 10.6. The van der Waals surface area contributed by atoms with Crippen LogP contribution in [0.25, 0.3) is 0 Å². The van der Waals surface area contributed by atoms with Crippen LogP contribution in [0.1, 0.15) is 155 Å². The molecule has 55 heavy (non-hydrogen) atoms. The number of esters is 1. The maximum Gasteiger partial charge on any atom is 0.306 e. The van der Waals surface area contributed by atoms with Crippen molar-refractivity contribution in [2.45, 2.75) is 223 Å². The molecule has 0 radical (unpaired) electrons. The predicted molar refractivity (Wildman–Crippen MR) is 206 cm³/mol. The van der Waals surface area contributed by atoms with Crippen molar-refractivity contribution in [2.75, 3.05) is 33.0 Å². The fourth-order valence-electron chi connectivity index (χ4n) is 6.99. The highest BCUT2D eigenvalue weighted by Crippen LogP contribution is 2.26. The predicted octanol–water partition coefficient (Wildman–Crippen LogP) is 4.18. The molecule has 0 amide bonds. The Hall–Kier alpha value is -1.01. The summed E-state index contributed by atoms with van der Waals surface area (Å²) in [4.78, 5) is 12.9. The van der Waals surface area contributed by atoms with E-state index in [1.54, 1.807) is 0 Å². The molecule has 0 aromatic carbocycles. The molecule has 2 saturated heterocycles. The van der Waals surface area contributed by atoms with Gasteiger partial charge in [0.15, 0.2) is 12.6 Å². The van der Waals surface area contributed by atoms with Crippen LogP contribution in [0, 0.1) is 0 Å². The van der Waals surface area contributed by atoms with Gasteiger partial charge >= 0.3 is 5.97 Å². The van der Waals surface area contributed by atoms with E-state index in [9.17, 15) is 40.5 Å². The van der Waals surface area contributed by atoms with Crippen molar-refractivity contribution in [1.29, 1.82) is 0 Å². The summed E-state index contributed by atoms with van der Waals surface area (Å²) in [6.45, 7) is 3.66. The lowest BCUT2D eigenvalue weighted by Gasteiger charge is -2.42. The Labute approximate surface area is 330 Å². The van der Waals surface area contributed by atoms with Gasteiger partial charge in [-0.2, -0.15) is 0 Å². The van der Waals surface area contributed by atoms with Crippen LogP contribution in [0.5, 0.6) is 0 Å². The summed E-state index contributed by atoms with van der Waals surface area (Å²) in [6, 6.07) is 0. The zero-order valence-electron chi connectivity index (χ0n) is 33.9. The van der Waals surface area contributed by atoms with Crippen LogP contribution < -0.4 is 0 Å². The fraction of sp³-hybridized carbons (Fsp3) is 0.976. The summed E-state index contributed by atoms with van der Waals surface area (Å²) in [5, 5.41) is 71.7. The molecule has 0 bridgehead atoms. The van der Waals surface area contributed by atoms with E-state index in [0.717, 1.165) is 38.5 Å². The third-order valence-electron chi connectivity index (χ3n) is 10.6. The highest BCUT2D eigenvalue weighted by atomic mass is 16.7. The van der Waals surface area contributed by atoms with Crippen LogP contribution >= 0.6 is 0 Å². The van der Waals surface area contributed by atoms with Crippen molar-refractivity contribution in [3.63, 3.8) is 0 Å². The lowest BCUT2D eigenvalue weighted by Crippen LogP contribution is -2.61. The Kier molecular flexibility index (Phi) is 28.2. The van der Waals surface area contributed by atoms with Crippen LogP contribution in [0.2, 0.25) is 0 Å². The van der Waals surface area contributed by atoms with Crippen LogP contribution in [0.3, 0.4) is 0 Å². The number of carbonyl (C=O) groups is 1. The van der Waals surface area contributed by atoms with Gasteiger partial charge in [0.2, 0.25) is 0 Å². The number of aliphatic hydroxyl groups is 7. The van der Waals surface area contributed by atoms with Crippen LogP contribution in [-0.4, -0.2) is 142 Å². The second-order valence-electron chi connectivity index (χ2n) is 15.5. The maximum absolute atomic E-state index is 12.9. The lowest BCUT2D eigenvalue weighted by molar-refractivity contribution is -0.332. The van der Waals surface area contributed by atoms with Gasteiger partial charge < -0.3 is 64.2 Å². The Bertz CT molecular complexity index is 927. The minimum Gasteiger partial charge on any atom is -0.457 e.